The lowest BCUT2D eigenvalue weighted by Gasteiger charge is -2.41. The first kappa shape index (κ1) is 19.3. The van der Waals surface area contributed by atoms with Crippen LogP contribution in [0.3, 0.4) is 0 Å². The lowest BCUT2D eigenvalue weighted by molar-refractivity contribution is 0.200. The Kier molecular flexibility index (Phi) is 5.73. The first-order chi connectivity index (χ1) is 12.9. The number of rotatable bonds is 3. The molecule has 3 rings (SSSR count). The van der Waals surface area contributed by atoms with Crippen LogP contribution in [0.25, 0.3) is 0 Å². The molecule has 0 spiro atoms. The van der Waals surface area contributed by atoms with Crippen molar-refractivity contribution in [3.8, 4) is 0 Å². The van der Waals surface area contributed by atoms with Crippen LogP contribution < -0.4 is 10.2 Å². The van der Waals surface area contributed by atoms with Gasteiger partial charge in [-0.2, -0.15) is 0 Å². The second-order valence-corrected chi connectivity index (χ2v) is 7.95. The number of hydrogen-bond acceptors (Lipinski definition) is 2. The van der Waals surface area contributed by atoms with Crippen molar-refractivity contribution < 1.29 is 4.79 Å². The van der Waals surface area contributed by atoms with Crippen LogP contribution in [0.5, 0.6) is 0 Å². The lowest BCUT2D eigenvalue weighted by Crippen LogP contribution is -2.54. The molecule has 1 N–H and O–H groups in total. The van der Waals surface area contributed by atoms with Crippen molar-refractivity contribution in [1.29, 1.82) is 0 Å². The van der Waals surface area contributed by atoms with Crippen molar-refractivity contribution in [2.45, 2.75) is 46.6 Å². The summed E-state index contributed by atoms with van der Waals surface area (Å²) >= 11 is 0. The highest BCUT2D eigenvalue weighted by Crippen LogP contribution is 2.28. The normalized spacial score (nSPS) is 17.3. The molecule has 144 valence electrons. The Morgan fingerprint density at radius 3 is 2.52 bits per heavy atom. The first-order valence-corrected chi connectivity index (χ1v) is 9.85. The Hall–Kier alpha value is -2.49. The summed E-state index contributed by atoms with van der Waals surface area (Å²) in [4.78, 5) is 17.3. The number of para-hydroxylation sites is 1. The van der Waals surface area contributed by atoms with E-state index in [1.807, 2.05) is 4.90 Å². The predicted molar refractivity (Wildman–Crippen MR) is 114 cm³/mol. The molecule has 0 bridgehead atoms. The van der Waals surface area contributed by atoms with Crippen LogP contribution in [0.2, 0.25) is 0 Å². The van der Waals surface area contributed by atoms with Gasteiger partial charge in [0.2, 0.25) is 0 Å². The number of amides is 2. The number of aryl methyl sites for hydroxylation is 2. The molecule has 0 radical (unpaired) electrons. The average Bonchev–Trinajstić information content (AvgIpc) is 2.63. The van der Waals surface area contributed by atoms with Crippen LogP contribution in [-0.2, 0) is 0 Å². The number of piperazine rings is 1. The van der Waals surface area contributed by atoms with E-state index in [0.29, 0.717) is 5.92 Å². The van der Waals surface area contributed by atoms with Gasteiger partial charge in [0, 0.05) is 37.1 Å². The van der Waals surface area contributed by atoms with Gasteiger partial charge in [-0.1, -0.05) is 44.2 Å². The summed E-state index contributed by atoms with van der Waals surface area (Å²) in [6, 6.07) is 15.1. The molecule has 1 heterocycles. The van der Waals surface area contributed by atoms with E-state index >= 15 is 0 Å². The standard InChI is InChI=1S/C23H31N3O/c1-16(2)21-11-7-9-18(4)22(21)24-23(27)25-12-13-26(19(5)15-25)20-10-6-8-17(3)14-20/h6-11,14,16,19H,12-13,15H2,1-5H3,(H,24,27). The molecule has 1 aliphatic rings. The molecule has 1 unspecified atom stereocenters. The Balaban J connectivity index is 1.70. The number of carbonyl (C=O) groups is 1. The van der Waals surface area contributed by atoms with Crippen molar-refractivity contribution in [2.75, 3.05) is 29.9 Å². The van der Waals surface area contributed by atoms with E-state index in [-0.39, 0.29) is 12.1 Å². The molecule has 0 aliphatic carbocycles. The maximum atomic E-state index is 12.9. The Labute approximate surface area is 163 Å². The molecular formula is C23H31N3O. The van der Waals surface area contributed by atoms with Gasteiger partial charge in [0.25, 0.3) is 0 Å². The smallest absolute Gasteiger partial charge is 0.321 e. The van der Waals surface area contributed by atoms with Gasteiger partial charge in [0.05, 0.1) is 0 Å². The van der Waals surface area contributed by atoms with Gasteiger partial charge in [-0.05, 0) is 55.5 Å². The molecule has 27 heavy (non-hydrogen) atoms. The SMILES string of the molecule is Cc1cccc(N2CCN(C(=O)Nc3c(C)cccc3C(C)C)CC2C)c1. The average molecular weight is 366 g/mol. The molecule has 2 aromatic rings. The van der Waals surface area contributed by atoms with Gasteiger partial charge >= 0.3 is 6.03 Å². The highest BCUT2D eigenvalue weighted by molar-refractivity contribution is 5.91. The summed E-state index contributed by atoms with van der Waals surface area (Å²) < 4.78 is 0. The third-order valence-corrected chi connectivity index (χ3v) is 5.41. The fraction of sp³-hybridized carbons (Fsp3) is 0.435. The Morgan fingerprint density at radius 1 is 1.11 bits per heavy atom. The zero-order valence-corrected chi connectivity index (χ0v) is 17.1. The molecule has 1 aliphatic heterocycles. The molecule has 1 saturated heterocycles. The number of hydrogen-bond donors (Lipinski definition) is 1. The van der Waals surface area contributed by atoms with E-state index in [9.17, 15) is 4.79 Å². The zero-order chi connectivity index (χ0) is 19.6. The second-order valence-electron chi connectivity index (χ2n) is 7.95. The fourth-order valence-corrected chi connectivity index (χ4v) is 3.86. The maximum absolute atomic E-state index is 12.9. The van der Waals surface area contributed by atoms with Crippen molar-refractivity contribution >= 4 is 17.4 Å². The summed E-state index contributed by atoms with van der Waals surface area (Å²) in [5.41, 5.74) is 5.77. The van der Waals surface area contributed by atoms with Crippen LogP contribution in [-0.4, -0.2) is 36.6 Å². The van der Waals surface area contributed by atoms with Gasteiger partial charge in [-0.3, -0.25) is 0 Å². The second kappa shape index (κ2) is 8.03. The van der Waals surface area contributed by atoms with E-state index in [0.717, 1.165) is 30.9 Å². The molecule has 0 aromatic heterocycles. The fourth-order valence-electron chi connectivity index (χ4n) is 3.86. The zero-order valence-electron chi connectivity index (χ0n) is 17.1. The summed E-state index contributed by atoms with van der Waals surface area (Å²) in [6.07, 6.45) is 0. The van der Waals surface area contributed by atoms with E-state index in [1.165, 1.54) is 16.8 Å². The van der Waals surface area contributed by atoms with Crippen LogP contribution in [0, 0.1) is 13.8 Å². The quantitative estimate of drug-likeness (QED) is 0.814. The molecule has 2 amide bonds. The maximum Gasteiger partial charge on any atom is 0.321 e. The molecule has 2 aromatic carbocycles. The van der Waals surface area contributed by atoms with Crippen LogP contribution in [0.4, 0.5) is 16.2 Å². The van der Waals surface area contributed by atoms with E-state index in [2.05, 4.69) is 87.3 Å². The van der Waals surface area contributed by atoms with Crippen molar-refractivity contribution in [1.82, 2.24) is 4.90 Å². The first-order valence-electron chi connectivity index (χ1n) is 9.85. The highest BCUT2D eigenvalue weighted by Gasteiger charge is 2.27. The van der Waals surface area contributed by atoms with Gasteiger partial charge in [-0.25, -0.2) is 4.79 Å². The largest absolute Gasteiger partial charge is 0.365 e. The monoisotopic (exact) mass is 365 g/mol. The van der Waals surface area contributed by atoms with Gasteiger partial charge < -0.3 is 15.1 Å². The number of carbonyl (C=O) groups excluding carboxylic acids is 1. The summed E-state index contributed by atoms with van der Waals surface area (Å²) in [6.45, 7) is 13.0. The Bertz CT molecular complexity index is 815. The van der Waals surface area contributed by atoms with Gasteiger partial charge in [0.15, 0.2) is 0 Å². The van der Waals surface area contributed by atoms with E-state index < -0.39 is 0 Å². The van der Waals surface area contributed by atoms with Crippen molar-refractivity contribution in [3.63, 3.8) is 0 Å². The van der Waals surface area contributed by atoms with E-state index in [4.69, 9.17) is 0 Å². The summed E-state index contributed by atoms with van der Waals surface area (Å²) in [7, 11) is 0. The van der Waals surface area contributed by atoms with Crippen LogP contribution >= 0.6 is 0 Å². The number of anilines is 2. The predicted octanol–water partition coefficient (Wildman–Crippen LogP) is 5.17. The lowest BCUT2D eigenvalue weighted by atomic mass is 9.98. The molecule has 4 nitrogen and oxygen atoms in total. The molecule has 0 saturated carbocycles. The number of benzene rings is 2. The minimum absolute atomic E-state index is 0.00180. The Morgan fingerprint density at radius 2 is 1.85 bits per heavy atom. The molecule has 4 heteroatoms. The summed E-state index contributed by atoms with van der Waals surface area (Å²) in [5.74, 6) is 0.372. The minimum Gasteiger partial charge on any atom is -0.365 e. The van der Waals surface area contributed by atoms with Gasteiger partial charge in [0.1, 0.15) is 0 Å². The molecular weight excluding hydrogens is 334 g/mol. The van der Waals surface area contributed by atoms with Crippen molar-refractivity contribution in [3.05, 3.63) is 59.2 Å². The molecule has 1 atom stereocenters. The highest BCUT2D eigenvalue weighted by atomic mass is 16.2. The number of nitrogens with zero attached hydrogens (tertiary/aromatic N) is 2. The number of nitrogens with one attached hydrogen (secondary N) is 1. The van der Waals surface area contributed by atoms with E-state index in [1.54, 1.807) is 0 Å². The van der Waals surface area contributed by atoms with Crippen LogP contribution in [0.1, 0.15) is 43.4 Å². The van der Waals surface area contributed by atoms with Gasteiger partial charge in [-0.15, -0.1) is 0 Å². The van der Waals surface area contributed by atoms with Crippen LogP contribution in [0.15, 0.2) is 42.5 Å². The number of urea groups is 1. The third kappa shape index (κ3) is 4.26. The molecule has 1 fully saturated rings. The van der Waals surface area contributed by atoms with Crippen molar-refractivity contribution in [2.24, 2.45) is 0 Å². The minimum atomic E-state index is 0.00180. The summed E-state index contributed by atoms with van der Waals surface area (Å²) in [5, 5.41) is 3.18. The topological polar surface area (TPSA) is 35.6 Å². The third-order valence-electron chi connectivity index (χ3n) is 5.41.